The monoisotopic (exact) mass is 300 g/mol. The van der Waals surface area contributed by atoms with Gasteiger partial charge in [0.2, 0.25) is 0 Å². The lowest BCUT2D eigenvalue weighted by molar-refractivity contribution is 0.262. The first-order valence-electron chi connectivity index (χ1n) is 5.86. The fraction of sp³-hybridized carbons (Fsp3) is 0.167. The zero-order valence-electron chi connectivity index (χ0n) is 10.6. The quantitative estimate of drug-likeness (QED) is 0.755. The summed E-state index contributed by atoms with van der Waals surface area (Å²) in [5.74, 6) is -4.49. The smallest absolute Gasteiger partial charge is 0.323 e. The molecule has 0 radical (unpaired) electrons. The number of urea groups is 1. The molecule has 0 aliphatic rings. The van der Waals surface area contributed by atoms with Crippen LogP contribution in [0.2, 0.25) is 0 Å². The average Bonchev–Trinajstić information content (AvgIpc) is 2.87. The molecule has 9 heteroatoms. The molecular weight excluding hydrogens is 289 g/mol. The van der Waals surface area contributed by atoms with Crippen molar-refractivity contribution in [1.29, 1.82) is 0 Å². The summed E-state index contributed by atoms with van der Waals surface area (Å²) in [4.78, 5) is 11.6. The highest BCUT2D eigenvalue weighted by atomic mass is 19.2. The Hall–Kier alpha value is -2.55. The zero-order valence-corrected chi connectivity index (χ0v) is 10.6. The first kappa shape index (κ1) is 14.9. The Bertz CT molecular complexity index is 660. The number of halogens is 3. The number of aromatic nitrogens is 2. The number of nitrogens with one attached hydrogen (secondary N) is 2. The van der Waals surface area contributed by atoms with Gasteiger partial charge in [0, 0.05) is 6.20 Å². The minimum Gasteiger partial charge on any atom is -0.394 e. The summed E-state index contributed by atoms with van der Waals surface area (Å²) in [6.45, 7) is 0.133. The van der Waals surface area contributed by atoms with Crippen LogP contribution in [0.5, 0.6) is 0 Å². The molecule has 2 aromatic rings. The Balaban J connectivity index is 2.03. The van der Waals surface area contributed by atoms with Gasteiger partial charge in [-0.25, -0.2) is 18.0 Å². The Kier molecular flexibility index (Phi) is 4.43. The van der Waals surface area contributed by atoms with Gasteiger partial charge in [-0.2, -0.15) is 5.10 Å². The Morgan fingerprint density at radius 1 is 1.24 bits per heavy atom. The van der Waals surface area contributed by atoms with Crippen molar-refractivity contribution in [2.45, 2.75) is 6.54 Å². The summed E-state index contributed by atoms with van der Waals surface area (Å²) in [6.07, 6.45) is 2.76. The SMILES string of the molecule is O=C(Nc1cnn(CCO)c1)Nc1ccc(F)c(F)c1F. The lowest BCUT2D eigenvalue weighted by Crippen LogP contribution is -2.20. The second-order valence-corrected chi connectivity index (χ2v) is 4.02. The van der Waals surface area contributed by atoms with Gasteiger partial charge in [-0.1, -0.05) is 0 Å². The molecule has 3 N–H and O–H groups in total. The molecule has 112 valence electrons. The lowest BCUT2D eigenvalue weighted by Gasteiger charge is -2.07. The zero-order chi connectivity index (χ0) is 15.4. The fourth-order valence-electron chi connectivity index (χ4n) is 1.56. The van der Waals surface area contributed by atoms with Gasteiger partial charge in [-0.05, 0) is 12.1 Å². The standard InChI is InChI=1S/C12H11F3N4O2/c13-8-1-2-9(11(15)10(8)14)18-12(21)17-7-5-16-19(6-7)3-4-20/h1-2,5-6,20H,3-4H2,(H2,17,18,21). The van der Waals surface area contributed by atoms with Crippen LogP contribution >= 0.6 is 0 Å². The van der Waals surface area contributed by atoms with Gasteiger partial charge < -0.3 is 15.7 Å². The molecule has 0 saturated heterocycles. The number of nitrogens with zero attached hydrogens (tertiary/aromatic N) is 2. The van der Waals surface area contributed by atoms with Gasteiger partial charge >= 0.3 is 6.03 Å². The maximum Gasteiger partial charge on any atom is 0.323 e. The van der Waals surface area contributed by atoms with E-state index in [1.54, 1.807) is 0 Å². The van der Waals surface area contributed by atoms with Crippen molar-refractivity contribution in [3.63, 3.8) is 0 Å². The third kappa shape index (κ3) is 3.51. The van der Waals surface area contributed by atoms with E-state index in [0.717, 1.165) is 6.07 Å². The third-order valence-electron chi connectivity index (χ3n) is 2.50. The molecule has 1 aromatic carbocycles. The van der Waals surface area contributed by atoms with Crippen LogP contribution in [0.3, 0.4) is 0 Å². The van der Waals surface area contributed by atoms with E-state index in [-0.39, 0.29) is 13.2 Å². The molecule has 0 bridgehead atoms. The van der Waals surface area contributed by atoms with Crippen molar-refractivity contribution < 1.29 is 23.1 Å². The van der Waals surface area contributed by atoms with Crippen LogP contribution in [-0.2, 0) is 6.54 Å². The van der Waals surface area contributed by atoms with Crippen LogP contribution in [0.25, 0.3) is 0 Å². The van der Waals surface area contributed by atoms with Gasteiger partial charge in [0.1, 0.15) is 0 Å². The summed E-state index contributed by atoms with van der Waals surface area (Å²) in [5.41, 5.74) is -0.196. The predicted molar refractivity (Wildman–Crippen MR) is 68.3 cm³/mol. The van der Waals surface area contributed by atoms with Crippen LogP contribution in [0.4, 0.5) is 29.3 Å². The van der Waals surface area contributed by atoms with Crippen LogP contribution in [0.15, 0.2) is 24.5 Å². The number of amides is 2. The number of aliphatic hydroxyl groups excluding tert-OH is 1. The van der Waals surface area contributed by atoms with E-state index in [4.69, 9.17) is 5.11 Å². The second kappa shape index (κ2) is 6.27. The summed E-state index contributed by atoms with van der Waals surface area (Å²) in [5, 5.41) is 16.9. The summed E-state index contributed by atoms with van der Waals surface area (Å²) in [6, 6.07) is 0.763. The molecule has 2 amide bonds. The first-order chi connectivity index (χ1) is 10.0. The normalized spacial score (nSPS) is 10.5. The average molecular weight is 300 g/mol. The molecule has 21 heavy (non-hydrogen) atoms. The maximum absolute atomic E-state index is 13.4. The number of anilines is 2. The van der Waals surface area contributed by atoms with E-state index in [1.807, 2.05) is 5.32 Å². The number of hydrogen-bond acceptors (Lipinski definition) is 3. The molecule has 0 atom stereocenters. The number of benzene rings is 1. The van der Waals surface area contributed by atoms with Crippen molar-refractivity contribution >= 4 is 17.4 Å². The number of carbonyl (C=O) groups is 1. The van der Waals surface area contributed by atoms with Crippen molar-refractivity contribution in [2.75, 3.05) is 17.2 Å². The van der Waals surface area contributed by atoms with Crippen LogP contribution < -0.4 is 10.6 Å². The van der Waals surface area contributed by atoms with E-state index in [1.165, 1.54) is 17.1 Å². The van der Waals surface area contributed by atoms with Gasteiger partial charge in [0.15, 0.2) is 17.5 Å². The van der Waals surface area contributed by atoms with Crippen molar-refractivity contribution in [3.05, 3.63) is 42.0 Å². The van der Waals surface area contributed by atoms with Crippen LogP contribution in [0, 0.1) is 17.5 Å². The molecule has 2 rings (SSSR count). The summed E-state index contributed by atoms with van der Waals surface area (Å²) in [7, 11) is 0. The molecule has 0 unspecified atom stereocenters. The predicted octanol–water partition coefficient (Wildman–Crippen LogP) is 1.94. The van der Waals surface area contributed by atoms with E-state index >= 15 is 0 Å². The molecular formula is C12H11F3N4O2. The minimum absolute atomic E-state index is 0.118. The Morgan fingerprint density at radius 2 is 2.00 bits per heavy atom. The second-order valence-electron chi connectivity index (χ2n) is 4.02. The lowest BCUT2D eigenvalue weighted by atomic mass is 10.3. The molecule has 0 spiro atoms. The van der Waals surface area contributed by atoms with E-state index in [9.17, 15) is 18.0 Å². The number of carbonyl (C=O) groups excluding carboxylic acids is 1. The maximum atomic E-state index is 13.4. The molecule has 0 aliphatic heterocycles. The number of hydrogen-bond donors (Lipinski definition) is 3. The van der Waals surface area contributed by atoms with Gasteiger partial charge in [-0.15, -0.1) is 0 Å². The molecule has 6 nitrogen and oxygen atoms in total. The van der Waals surface area contributed by atoms with E-state index < -0.39 is 29.2 Å². The van der Waals surface area contributed by atoms with Crippen molar-refractivity contribution in [1.82, 2.24) is 9.78 Å². The highest BCUT2D eigenvalue weighted by molar-refractivity contribution is 5.99. The third-order valence-corrected chi connectivity index (χ3v) is 2.50. The van der Waals surface area contributed by atoms with E-state index in [0.29, 0.717) is 11.8 Å². The number of rotatable bonds is 4. The van der Waals surface area contributed by atoms with E-state index in [2.05, 4.69) is 10.4 Å². The highest BCUT2D eigenvalue weighted by Crippen LogP contribution is 2.19. The van der Waals surface area contributed by atoms with Crippen LogP contribution in [-0.4, -0.2) is 27.5 Å². The molecule has 0 fully saturated rings. The highest BCUT2D eigenvalue weighted by Gasteiger charge is 2.15. The van der Waals surface area contributed by atoms with Gasteiger partial charge in [-0.3, -0.25) is 4.68 Å². The minimum atomic E-state index is -1.66. The largest absolute Gasteiger partial charge is 0.394 e. The van der Waals surface area contributed by atoms with Crippen LogP contribution in [0.1, 0.15) is 0 Å². The molecule has 0 aliphatic carbocycles. The fourth-order valence-corrected chi connectivity index (χ4v) is 1.56. The van der Waals surface area contributed by atoms with Gasteiger partial charge in [0.05, 0.1) is 30.7 Å². The Labute approximate surface area is 117 Å². The Morgan fingerprint density at radius 3 is 2.71 bits per heavy atom. The number of aliphatic hydroxyl groups is 1. The van der Waals surface area contributed by atoms with Crippen molar-refractivity contribution in [2.24, 2.45) is 0 Å². The summed E-state index contributed by atoms with van der Waals surface area (Å²) < 4.78 is 40.5. The molecule has 1 aromatic heterocycles. The molecule has 1 heterocycles. The molecule has 0 saturated carbocycles. The van der Waals surface area contributed by atoms with Crippen molar-refractivity contribution in [3.8, 4) is 0 Å². The first-order valence-corrected chi connectivity index (χ1v) is 5.86. The summed E-state index contributed by atoms with van der Waals surface area (Å²) >= 11 is 0. The topological polar surface area (TPSA) is 79.2 Å². The van der Waals surface area contributed by atoms with Gasteiger partial charge in [0.25, 0.3) is 0 Å².